The summed E-state index contributed by atoms with van der Waals surface area (Å²) in [6.07, 6.45) is 3.57. The lowest BCUT2D eigenvalue weighted by molar-refractivity contribution is 0.157. The first-order chi connectivity index (χ1) is 10.3. The van der Waals surface area contributed by atoms with E-state index in [1.807, 2.05) is 18.2 Å². The van der Waals surface area contributed by atoms with Crippen LogP contribution in [-0.2, 0) is 0 Å². The Morgan fingerprint density at radius 1 is 1.14 bits per heavy atom. The average molecular weight is 292 g/mol. The summed E-state index contributed by atoms with van der Waals surface area (Å²) >= 11 is 0. The van der Waals surface area contributed by atoms with Gasteiger partial charge in [0.25, 0.3) is 0 Å². The predicted octanol–water partition coefficient (Wildman–Crippen LogP) is 2.84. The maximum absolute atomic E-state index is 5.62. The van der Waals surface area contributed by atoms with Crippen LogP contribution < -0.4 is 14.8 Å². The quantitative estimate of drug-likeness (QED) is 0.838. The second-order valence-corrected chi connectivity index (χ2v) is 5.52. The van der Waals surface area contributed by atoms with Gasteiger partial charge in [-0.1, -0.05) is 25.8 Å². The zero-order valence-corrected chi connectivity index (χ0v) is 13.5. The molecule has 0 radical (unpaired) electrons. The number of ether oxygens (including phenoxy) is 2. The zero-order valence-electron chi connectivity index (χ0n) is 13.5. The molecule has 1 aromatic rings. The molecule has 1 fully saturated rings. The fourth-order valence-electron chi connectivity index (χ4n) is 3.11. The van der Waals surface area contributed by atoms with Crippen LogP contribution in [0.1, 0.15) is 37.8 Å². The highest BCUT2D eigenvalue weighted by atomic mass is 16.5. The second-order valence-electron chi connectivity index (χ2n) is 5.52. The van der Waals surface area contributed by atoms with E-state index >= 15 is 0 Å². The zero-order chi connectivity index (χ0) is 15.1. The lowest BCUT2D eigenvalue weighted by Gasteiger charge is -2.36. The number of nitrogens with one attached hydrogen (secondary N) is 1. The van der Waals surface area contributed by atoms with Crippen molar-refractivity contribution in [1.82, 2.24) is 10.2 Å². The Hall–Kier alpha value is -1.26. The van der Waals surface area contributed by atoms with E-state index in [1.54, 1.807) is 14.2 Å². The topological polar surface area (TPSA) is 33.7 Å². The summed E-state index contributed by atoms with van der Waals surface area (Å²) in [6.45, 7) is 6.51. The molecule has 1 atom stereocenters. The molecule has 0 aliphatic carbocycles. The predicted molar refractivity (Wildman–Crippen MR) is 86.3 cm³/mol. The van der Waals surface area contributed by atoms with Crippen LogP contribution in [0.15, 0.2) is 18.2 Å². The Morgan fingerprint density at radius 2 is 1.76 bits per heavy atom. The van der Waals surface area contributed by atoms with E-state index in [9.17, 15) is 0 Å². The Kier molecular flexibility index (Phi) is 6.33. The number of methoxy groups -OCH3 is 2. The van der Waals surface area contributed by atoms with E-state index in [-0.39, 0.29) is 0 Å². The van der Waals surface area contributed by atoms with Gasteiger partial charge in [-0.05, 0) is 18.6 Å². The van der Waals surface area contributed by atoms with E-state index in [4.69, 9.17) is 9.47 Å². The minimum Gasteiger partial charge on any atom is -0.496 e. The van der Waals surface area contributed by atoms with Crippen molar-refractivity contribution in [2.45, 2.75) is 32.2 Å². The first-order valence-electron chi connectivity index (χ1n) is 7.97. The Labute approximate surface area is 128 Å². The second kappa shape index (κ2) is 8.25. The minimum absolute atomic E-state index is 0.373. The normalized spacial score (nSPS) is 17.5. The monoisotopic (exact) mass is 292 g/mol. The maximum atomic E-state index is 5.62. The van der Waals surface area contributed by atoms with Crippen LogP contribution in [0.2, 0.25) is 0 Å². The number of benzene rings is 1. The van der Waals surface area contributed by atoms with Crippen LogP contribution >= 0.6 is 0 Å². The van der Waals surface area contributed by atoms with Crippen LogP contribution in [0.25, 0.3) is 0 Å². The summed E-state index contributed by atoms with van der Waals surface area (Å²) in [5.41, 5.74) is 1.21. The van der Waals surface area contributed by atoms with Gasteiger partial charge in [-0.15, -0.1) is 0 Å². The fraction of sp³-hybridized carbons (Fsp3) is 0.647. The van der Waals surface area contributed by atoms with Crippen LogP contribution in [0.4, 0.5) is 0 Å². The maximum Gasteiger partial charge on any atom is 0.127 e. The molecule has 4 heteroatoms. The van der Waals surface area contributed by atoms with Crippen molar-refractivity contribution in [3.63, 3.8) is 0 Å². The number of unbranched alkanes of at least 4 members (excludes halogenated alkanes) is 1. The Bertz CT molecular complexity index is 409. The van der Waals surface area contributed by atoms with Crippen molar-refractivity contribution in [3.05, 3.63) is 23.8 Å². The van der Waals surface area contributed by atoms with Gasteiger partial charge in [0.2, 0.25) is 0 Å². The number of nitrogens with zero attached hydrogens (tertiary/aromatic N) is 1. The van der Waals surface area contributed by atoms with Gasteiger partial charge in [0.05, 0.1) is 19.8 Å². The molecule has 0 unspecified atom stereocenters. The standard InChI is InChI=1S/C17H28N2O2/c1-4-5-7-14(19-12-10-18-11-13-19)17-15(20-2)8-6-9-16(17)21-3/h6,8-9,14,18H,4-5,7,10-13H2,1-3H3/t14-/m0/s1. The smallest absolute Gasteiger partial charge is 0.127 e. The third-order valence-corrected chi connectivity index (χ3v) is 4.22. The molecular formula is C17H28N2O2. The van der Waals surface area contributed by atoms with E-state index in [0.717, 1.165) is 44.1 Å². The van der Waals surface area contributed by atoms with E-state index in [2.05, 4.69) is 17.1 Å². The Balaban J connectivity index is 2.34. The molecule has 2 rings (SSSR count). The van der Waals surface area contributed by atoms with E-state index in [0.29, 0.717) is 6.04 Å². The van der Waals surface area contributed by atoms with Crippen LogP contribution in [0.3, 0.4) is 0 Å². The third-order valence-electron chi connectivity index (χ3n) is 4.22. The van der Waals surface area contributed by atoms with Gasteiger partial charge in [0, 0.05) is 32.2 Å². The molecule has 118 valence electrons. The molecule has 1 aliphatic heterocycles. The highest BCUT2D eigenvalue weighted by molar-refractivity contribution is 5.47. The molecule has 0 aromatic heterocycles. The third kappa shape index (κ3) is 3.89. The summed E-state index contributed by atoms with van der Waals surface area (Å²) in [5.74, 6) is 1.88. The molecule has 1 saturated heterocycles. The van der Waals surface area contributed by atoms with Crippen molar-refractivity contribution in [1.29, 1.82) is 0 Å². The first kappa shape index (κ1) is 16.1. The minimum atomic E-state index is 0.373. The molecule has 21 heavy (non-hydrogen) atoms. The van der Waals surface area contributed by atoms with Gasteiger partial charge < -0.3 is 14.8 Å². The highest BCUT2D eigenvalue weighted by Gasteiger charge is 2.27. The summed E-state index contributed by atoms with van der Waals surface area (Å²) in [5, 5.41) is 3.43. The van der Waals surface area contributed by atoms with Crippen molar-refractivity contribution in [2.75, 3.05) is 40.4 Å². The lowest BCUT2D eigenvalue weighted by atomic mass is 9.96. The van der Waals surface area contributed by atoms with Crippen LogP contribution in [0, 0.1) is 0 Å². The molecule has 0 amide bonds. The van der Waals surface area contributed by atoms with Gasteiger partial charge in [0.15, 0.2) is 0 Å². The Morgan fingerprint density at radius 3 is 2.29 bits per heavy atom. The van der Waals surface area contributed by atoms with Gasteiger partial charge in [-0.2, -0.15) is 0 Å². The summed E-state index contributed by atoms with van der Waals surface area (Å²) in [6, 6.07) is 6.45. The lowest BCUT2D eigenvalue weighted by Crippen LogP contribution is -2.45. The number of piperazine rings is 1. The first-order valence-corrected chi connectivity index (χ1v) is 7.97. The van der Waals surface area contributed by atoms with Gasteiger partial charge >= 0.3 is 0 Å². The molecule has 1 aromatic carbocycles. The summed E-state index contributed by atoms with van der Waals surface area (Å²) in [7, 11) is 3.49. The molecule has 4 nitrogen and oxygen atoms in total. The molecule has 0 saturated carbocycles. The number of hydrogen-bond acceptors (Lipinski definition) is 4. The number of rotatable bonds is 7. The summed E-state index contributed by atoms with van der Waals surface area (Å²) in [4.78, 5) is 2.56. The molecule has 0 bridgehead atoms. The number of hydrogen-bond donors (Lipinski definition) is 1. The van der Waals surface area contributed by atoms with E-state index < -0.39 is 0 Å². The molecule has 0 spiro atoms. The van der Waals surface area contributed by atoms with Crippen molar-refractivity contribution < 1.29 is 9.47 Å². The molecule has 1 N–H and O–H groups in total. The van der Waals surface area contributed by atoms with Crippen LogP contribution in [-0.4, -0.2) is 45.3 Å². The van der Waals surface area contributed by atoms with Crippen molar-refractivity contribution in [2.24, 2.45) is 0 Å². The highest BCUT2D eigenvalue weighted by Crippen LogP contribution is 2.39. The van der Waals surface area contributed by atoms with E-state index in [1.165, 1.54) is 18.4 Å². The van der Waals surface area contributed by atoms with Gasteiger partial charge in [-0.3, -0.25) is 4.90 Å². The molecule has 1 heterocycles. The average Bonchev–Trinajstić information content (AvgIpc) is 2.56. The van der Waals surface area contributed by atoms with Gasteiger partial charge in [0.1, 0.15) is 11.5 Å². The SMILES string of the molecule is CCCC[C@@H](c1c(OC)cccc1OC)N1CCNCC1. The molecule has 1 aliphatic rings. The fourth-order valence-corrected chi connectivity index (χ4v) is 3.11. The largest absolute Gasteiger partial charge is 0.496 e. The van der Waals surface area contributed by atoms with Crippen molar-refractivity contribution in [3.8, 4) is 11.5 Å². The molecular weight excluding hydrogens is 264 g/mol. The van der Waals surface area contributed by atoms with Crippen LogP contribution in [0.5, 0.6) is 11.5 Å². The summed E-state index contributed by atoms with van der Waals surface area (Å²) < 4.78 is 11.2. The van der Waals surface area contributed by atoms with Crippen molar-refractivity contribution >= 4 is 0 Å². The van der Waals surface area contributed by atoms with Gasteiger partial charge in [-0.25, -0.2) is 0 Å².